The van der Waals surface area contributed by atoms with Crippen molar-refractivity contribution in [2.45, 2.75) is 0 Å². The molecule has 0 aliphatic carbocycles. The third kappa shape index (κ3) is 3.41. The Morgan fingerprint density at radius 3 is 1.95 bits per heavy atom. The smallest absolute Gasteiger partial charge is 0.0985 e. The molecule has 0 fully saturated rings. The molecule has 0 radical (unpaired) electrons. The van der Waals surface area contributed by atoms with Crippen LogP contribution >= 0.6 is 11.3 Å². The summed E-state index contributed by atoms with van der Waals surface area (Å²) in [5.41, 5.74) is 9.09. The van der Waals surface area contributed by atoms with E-state index in [1.165, 1.54) is 58.7 Å². The Labute approximate surface area is 246 Å². The molecule has 0 saturated heterocycles. The average molecular weight is 553 g/mol. The lowest BCUT2D eigenvalue weighted by Crippen LogP contribution is -1.96. The summed E-state index contributed by atoms with van der Waals surface area (Å²) in [6.45, 7) is 0. The number of hydrogen-bond donors (Lipinski definition) is 0. The van der Waals surface area contributed by atoms with Gasteiger partial charge in [0.05, 0.1) is 27.9 Å². The maximum Gasteiger partial charge on any atom is 0.0985 e. The van der Waals surface area contributed by atoms with E-state index in [9.17, 15) is 0 Å². The highest BCUT2D eigenvalue weighted by Gasteiger charge is 2.21. The summed E-state index contributed by atoms with van der Waals surface area (Å²) in [4.78, 5) is 5.37. The topological polar surface area (TPSA) is 17.8 Å². The van der Waals surface area contributed by atoms with Gasteiger partial charge in [-0.15, -0.1) is 11.3 Å². The van der Waals surface area contributed by atoms with Gasteiger partial charge in [0.1, 0.15) is 0 Å². The van der Waals surface area contributed by atoms with Gasteiger partial charge in [-0.1, -0.05) is 115 Å². The lowest BCUT2D eigenvalue weighted by Gasteiger charge is -2.15. The SMILES string of the molecule is c1ccc(-c2ccc3c(n2)c2c4sc5ccccc5c4ccc2n3-c2ccc(-c3ccccc3)c3ccccc23)cc1. The molecule has 3 aromatic heterocycles. The van der Waals surface area contributed by atoms with Gasteiger partial charge in [0.25, 0.3) is 0 Å². The van der Waals surface area contributed by atoms with Crippen molar-refractivity contribution in [3.05, 3.63) is 146 Å². The van der Waals surface area contributed by atoms with Crippen LogP contribution in [0.1, 0.15) is 0 Å². The monoisotopic (exact) mass is 552 g/mol. The van der Waals surface area contributed by atoms with Crippen molar-refractivity contribution in [1.82, 2.24) is 9.55 Å². The van der Waals surface area contributed by atoms with E-state index in [2.05, 4.69) is 150 Å². The van der Waals surface area contributed by atoms with Crippen LogP contribution in [0.4, 0.5) is 0 Å². The molecule has 0 saturated carbocycles. The number of hydrogen-bond acceptors (Lipinski definition) is 2. The van der Waals surface area contributed by atoms with Gasteiger partial charge in [-0.25, -0.2) is 4.98 Å². The molecule has 6 aromatic carbocycles. The zero-order valence-corrected chi connectivity index (χ0v) is 23.5. The normalized spacial score (nSPS) is 11.8. The molecule has 42 heavy (non-hydrogen) atoms. The van der Waals surface area contributed by atoms with Gasteiger partial charge in [0.2, 0.25) is 0 Å². The van der Waals surface area contributed by atoms with E-state index in [-0.39, 0.29) is 0 Å². The molecule has 3 heteroatoms. The summed E-state index contributed by atoms with van der Waals surface area (Å²) in [6.07, 6.45) is 0. The molecule has 9 aromatic rings. The van der Waals surface area contributed by atoms with Crippen LogP contribution in [0.2, 0.25) is 0 Å². The van der Waals surface area contributed by atoms with Gasteiger partial charge >= 0.3 is 0 Å². The fourth-order valence-electron chi connectivity index (χ4n) is 6.52. The molecule has 0 unspecified atom stereocenters. The van der Waals surface area contributed by atoms with E-state index in [1.807, 2.05) is 11.3 Å². The van der Waals surface area contributed by atoms with Crippen molar-refractivity contribution in [3.63, 3.8) is 0 Å². The molecular formula is C39H24N2S. The first-order chi connectivity index (χ1) is 20.8. The first-order valence-corrected chi connectivity index (χ1v) is 15.1. The zero-order chi connectivity index (χ0) is 27.6. The van der Waals surface area contributed by atoms with Crippen molar-refractivity contribution >= 4 is 64.2 Å². The zero-order valence-electron chi connectivity index (χ0n) is 22.7. The lowest BCUT2D eigenvalue weighted by atomic mass is 9.97. The van der Waals surface area contributed by atoms with Crippen molar-refractivity contribution in [2.24, 2.45) is 0 Å². The van der Waals surface area contributed by atoms with E-state index >= 15 is 0 Å². The minimum absolute atomic E-state index is 0.990. The summed E-state index contributed by atoms with van der Waals surface area (Å²) < 4.78 is 5.02. The van der Waals surface area contributed by atoms with Crippen LogP contribution in [0.15, 0.2) is 146 Å². The van der Waals surface area contributed by atoms with E-state index < -0.39 is 0 Å². The third-order valence-corrected chi connectivity index (χ3v) is 9.62. The van der Waals surface area contributed by atoms with Gasteiger partial charge in [-0.3, -0.25) is 0 Å². The van der Waals surface area contributed by atoms with Crippen LogP contribution in [-0.2, 0) is 0 Å². The maximum atomic E-state index is 5.37. The summed E-state index contributed by atoms with van der Waals surface area (Å²) in [5.74, 6) is 0. The van der Waals surface area contributed by atoms with E-state index in [0.717, 1.165) is 22.3 Å². The molecule has 196 valence electrons. The van der Waals surface area contributed by atoms with Crippen molar-refractivity contribution in [1.29, 1.82) is 0 Å². The molecule has 9 rings (SSSR count). The Bertz CT molecular complexity index is 2450. The van der Waals surface area contributed by atoms with Crippen LogP contribution in [-0.4, -0.2) is 9.55 Å². The standard InChI is InChI=1S/C39H24N2S/c1-3-11-25(12-4-1)27-19-22-33(29-16-8-7-15-28(27)29)41-34-23-20-31-30-17-9-10-18-36(30)42-39(31)37(34)38-35(41)24-21-32(40-38)26-13-5-2-6-14-26/h1-24H. The van der Waals surface area contributed by atoms with E-state index in [1.54, 1.807) is 0 Å². The van der Waals surface area contributed by atoms with Gasteiger partial charge < -0.3 is 4.57 Å². The first kappa shape index (κ1) is 23.5. The summed E-state index contributed by atoms with van der Waals surface area (Å²) in [7, 11) is 0. The highest BCUT2D eigenvalue weighted by Crippen LogP contribution is 2.44. The summed E-state index contributed by atoms with van der Waals surface area (Å²) in [6, 6.07) is 52.2. The molecule has 0 spiro atoms. The van der Waals surface area contributed by atoms with Crippen LogP contribution < -0.4 is 0 Å². The molecule has 0 bridgehead atoms. The molecule has 0 atom stereocenters. The van der Waals surface area contributed by atoms with E-state index in [4.69, 9.17) is 4.98 Å². The fourth-order valence-corrected chi connectivity index (χ4v) is 7.76. The van der Waals surface area contributed by atoms with Gasteiger partial charge in [0.15, 0.2) is 0 Å². The van der Waals surface area contributed by atoms with Crippen LogP contribution in [0, 0.1) is 0 Å². The highest BCUT2D eigenvalue weighted by atomic mass is 32.1. The lowest BCUT2D eigenvalue weighted by molar-refractivity contribution is 1.19. The number of benzene rings is 6. The molecule has 0 aliphatic heterocycles. The Morgan fingerprint density at radius 2 is 1.14 bits per heavy atom. The number of fused-ring (bicyclic) bond motifs is 8. The second-order valence-electron chi connectivity index (χ2n) is 10.7. The number of nitrogens with zero attached hydrogens (tertiary/aromatic N) is 2. The van der Waals surface area contributed by atoms with Crippen LogP contribution in [0.5, 0.6) is 0 Å². The Morgan fingerprint density at radius 1 is 0.476 bits per heavy atom. The maximum absolute atomic E-state index is 5.37. The number of pyridine rings is 1. The Hall–Kier alpha value is -5.25. The van der Waals surface area contributed by atoms with E-state index in [0.29, 0.717) is 0 Å². The minimum atomic E-state index is 0.990. The summed E-state index contributed by atoms with van der Waals surface area (Å²) >= 11 is 1.87. The van der Waals surface area contributed by atoms with Crippen molar-refractivity contribution in [3.8, 4) is 28.1 Å². The molecule has 0 N–H and O–H groups in total. The first-order valence-electron chi connectivity index (χ1n) is 14.2. The number of rotatable bonds is 3. The molecular weight excluding hydrogens is 529 g/mol. The second kappa shape index (κ2) is 9.13. The quantitative estimate of drug-likeness (QED) is 0.213. The molecule has 0 aliphatic rings. The Balaban J connectivity index is 1.42. The van der Waals surface area contributed by atoms with Crippen molar-refractivity contribution < 1.29 is 0 Å². The van der Waals surface area contributed by atoms with Crippen LogP contribution in [0.25, 0.3) is 81.0 Å². The average Bonchev–Trinajstić information content (AvgIpc) is 3.60. The second-order valence-corrected chi connectivity index (χ2v) is 11.8. The Kier molecular flexibility index (Phi) is 5.10. The molecule has 3 heterocycles. The predicted molar refractivity (Wildman–Crippen MR) is 180 cm³/mol. The van der Waals surface area contributed by atoms with Crippen LogP contribution in [0.3, 0.4) is 0 Å². The fraction of sp³-hybridized carbons (Fsp3) is 0. The number of aromatic nitrogens is 2. The van der Waals surface area contributed by atoms with Gasteiger partial charge in [-0.05, 0) is 46.8 Å². The molecule has 0 amide bonds. The highest BCUT2D eigenvalue weighted by molar-refractivity contribution is 7.26. The summed E-state index contributed by atoms with van der Waals surface area (Å²) in [5, 5.41) is 6.28. The largest absolute Gasteiger partial charge is 0.307 e. The predicted octanol–water partition coefficient (Wildman–Crippen LogP) is 11.0. The third-order valence-electron chi connectivity index (χ3n) is 8.41. The van der Waals surface area contributed by atoms with Gasteiger partial charge in [0, 0.05) is 36.5 Å². The number of thiophene rings is 1. The molecule has 2 nitrogen and oxygen atoms in total. The minimum Gasteiger partial charge on any atom is -0.307 e. The van der Waals surface area contributed by atoms with Crippen molar-refractivity contribution in [2.75, 3.05) is 0 Å². The van der Waals surface area contributed by atoms with Gasteiger partial charge in [-0.2, -0.15) is 0 Å².